The molecule has 4 N–H and O–H groups in total. The molecule has 0 aliphatic heterocycles. The van der Waals surface area contributed by atoms with Gasteiger partial charge in [-0.05, 0) is 43.1 Å². The summed E-state index contributed by atoms with van der Waals surface area (Å²) in [5.41, 5.74) is 15.9. The quantitative estimate of drug-likeness (QED) is 0.482. The summed E-state index contributed by atoms with van der Waals surface area (Å²) >= 11 is 0. The van der Waals surface area contributed by atoms with Crippen LogP contribution in [-0.4, -0.2) is 28.2 Å². The van der Waals surface area contributed by atoms with Crippen molar-refractivity contribution in [2.45, 2.75) is 25.8 Å². The molecule has 0 aliphatic carbocycles. The van der Waals surface area contributed by atoms with Crippen molar-refractivity contribution in [1.82, 2.24) is 14.5 Å². The average Bonchev–Trinajstić information content (AvgIpc) is 3.08. The van der Waals surface area contributed by atoms with Crippen molar-refractivity contribution in [2.75, 3.05) is 19.4 Å². The van der Waals surface area contributed by atoms with E-state index in [0.29, 0.717) is 12.4 Å². The lowest BCUT2D eigenvalue weighted by Crippen LogP contribution is -2.07. The van der Waals surface area contributed by atoms with Crippen LogP contribution in [0.5, 0.6) is 5.75 Å². The van der Waals surface area contributed by atoms with Crippen molar-refractivity contribution < 1.29 is 4.74 Å². The molecule has 2 aromatic carbocycles. The Labute approximate surface area is 164 Å². The number of hydrogen-bond acceptors (Lipinski definition) is 5. The van der Waals surface area contributed by atoms with E-state index in [1.807, 2.05) is 30.3 Å². The number of imidazole rings is 1. The predicted octanol–water partition coefficient (Wildman–Crippen LogP) is 3.51. The highest BCUT2D eigenvalue weighted by atomic mass is 16.5. The second-order valence-corrected chi connectivity index (χ2v) is 6.91. The van der Waals surface area contributed by atoms with E-state index in [9.17, 15) is 0 Å². The Bertz CT molecular complexity index is 1100. The summed E-state index contributed by atoms with van der Waals surface area (Å²) in [7, 11) is 1.67. The Hall–Kier alpha value is -3.12. The Morgan fingerprint density at radius 3 is 2.54 bits per heavy atom. The summed E-state index contributed by atoms with van der Waals surface area (Å²) in [5.74, 6) is 2.31. The summed E-state index contributed by atoms with van der Waals surface area (Å²) in [4.78, 5) is 9.44. The van der Waals surface area contributed by atoms with Crippen LogP contribution in [0.2, 0.25) is 0 Å². The van der Waals surface area contributed by atoms with Gasteiger partial charge in [0.05, 0.1) is 18.1 Å². The summed E-state index contributed by atoms with van der Waals surface area (Å²) in [6.45, 7) is 1.54. The van der Waals surface area contributed by atoms with Crippen molar-refractivity contribution in [1.29, 1.82) is 0 Å². The number of anilines is 1. The molecule has 0 aliphatic rings. The number of nitrogen functional groups attached to an aromatic ring is 1. The Morgan fingerprint density at radius 2 is 1.79 bits per heavy atom. The normalized spacial score (nSPS) is 11.4. The van der Waals surface area contributed by atoms with Crippen molar-refractivity contribution in [3.63, 3.8) is 0 Å². The first kappa shape index (κ1) is 18.3. The van der Waals surface area contributed by atoms with E-state index >= 15 is 0 Å². The zero-order valence-corrected chi connectivity index (χ0v) is 16.1. The summed E-state index contributed by atoms with van der Waals surface area (Å²) < 4.78 is 7.55. The van der Waals surface area contributed by atoms with Crippen molar-refractivity contribution in [3.05, 3.63) is 59.9 Å². The minimum absolute atomic E-state index is 0.474. The molecule has 0 amide bonds. The number of hydrogen-bond donors (Lipinski definition) is 2. The van der Waals surface area contributed by atoms with Crippen LogP contribution in [-0.2, 0) is 13.0 Å². The summed E-state index contributed by atoms with van der Waals surface area (Å²) in [5, 5.41) is 1.08. The molecule has 0 spiro atoms. The largest absolute Gasteiger partial charge is 0.497 e. The number of fused-ring (bicyclic) bond motifs is 3. The molecule has 0 saturated heterocycles. The molecule has 0 fully saturated rings. The average molecular weight is 375 g/mol. The minimum Gasteiger partial charge on any atom is -0.497 e. The van der Waals surface area contributed by atoms with Crippen LogP contribution >= 0.6 is 0 Å². The van der Waals surface area contributed by atoms with Crippen molar-refractivity contribution in [2.24, 2.45) is 5.73 Å². The monoisotopic (exact) mass is 375 g/mol. The number of ether oxygens (including phenoxy) is 1. The number of unbranched alkanes of at least 4 members (excludes halogenated alkanes) is 1. The maximum atomic E-state index is 6.27. The number of aryl methyl sites for hydroxylation is 1. The van der Waals surface area contributed by atoms with Crippen molar-refractivity contribution in [3.8, 4) is 5.75 Å². The second kappa shape index (κ2) is 7.86. The minimum atomic E-state index is 0.474. The van der Waals surface area contributed by atoms with Gasteiger partial charge in [0.25, 0.3) is 0 Å². The molecular weight excluding hydrogens is 350 g/mol. The van der Waals surface area contributed by atoms with Gasteiger partial charge in [-0.25, -0.2) is 9.97 Å². The van der Waals surface area contributed by atoms with Gasteiger partial charge in [0, 0.05) is 18.4 Å². The topological polar surface area (TPSA) is 92.0 Å². The van der Waals surface area contributed by atoms with E-state index in [2.05, 4.69) is 27.8 Å². The van der Waals surface area contributed by atoms with E-state index in [1.54, 1.807) is 7.11 Å². The third-order valence-electron chi connectivity index (χ3n) is 5.05. The molecule has 2 heterocycles. The predicted molar refractivity (Wildman–Crippen MR) is 114 cm³/mol. The summed E-state index contributed by atoms with van der Waals surface area (Å²) in [6.07, 6.45) is 2.68. The standard InChI is InChI=1S/C22H25N5O/c1-28-16-10-8-15(9-11-16)14-19-26-20-21(27(19)13-5-4-12-23)17-6-2-3-7-18(17)25-22(20)24/h2-3,6-11H,4-5,12-14,23H2,1H3,(H2,24,25). The highest BCUT2D eigenvalue weighted by Gasteiger charge is 2.17. The van der Waals surface area contributed by atoms with Gasteiger partial charge in [-0.1, -0.05) is 30.3 Å². The molecule has 0 saturated carbocycles. The molecular formula is C22H25N5O. The van der Waals surface area contributed by atoms with E-state index in [0.717, 1.165) is 59.3 Å². The molecule has 6 nitrogen and oxygen atoms in total. The fourth-order valence-corrected chi connectivity index (χ4v) is 3.62. The molecule has 2 aromatic heterocycles. The zero-order valence-electron chi connectivity index (χ0n) is 16.1. The van der Waals surface area contributed by atoms with E-state index in [4.69, 9.17) is 21.2 Å². The highest BCUT2D eigenvalue weighted by Crippen LogP contribution is 2.30. The van der Waals surface area contributed by atoms with Gasteiger partial charge in [0.1, 0.15) is 17.1 Å². The SMILES string of the molecule is COc1ccc(Cc2nc3c(N)nc4ccccc4c3n2CCCCN)cc1. The molecule has 4 aromatic rings. The second-order valence-electron chi connectivity index (χ2n) is 6.91. The van der Waals surface area contributed by atoms with Crippen LogP contribution in [0.1, 0.15) is 24.2 Å². The van der Waals surface area contributed by atoms with Crippen LogP contribution in [0.3, 0.4) is 0 Å². The molecule has 0 unspecified atom stereocenters. The fraction of sp³-hybridized carbons (Fsp3) is 0.273. The number of benzene rings is 2. The number of para-hydroxylation sites is 1. The first-order valence-corrected chi connectivity index (χ1v) is 9.57. The molecule has 0 radical (unpaired) electrons. The van der Waals surface area contributed by atoms with E-state index in [-0.39, 0.29) is 0 Å². The number of methoxy groups -OCH3 is 1. The summed E-state index contributed by atoms with van der Waals surface area (Å²) in [6, 6.07) is 16.2. The molecule has 0 bridgehead atoms. The van der Waals surface area contributed by atoms with Gasteiger partial charge >= 0.3 is 0 Å². The maximum Gasteiger partial charge on any atom is 0.152 e. The highest BCUT2D eigenvalue weighted by molar-refractivity contribution is 6.06. The first-order chi connectivity index (χ1) is 13.7. The lowest BCUT2D eigenvalue weighted by atomic mass is 10.1. The molecule has 144 valence electrons. The third-order valence-corrected chi connectivity index (χ3v) is 5.05. The maximum absolute atomic E-state index is 6.27. The van der Waals surface area contributed by atoms with Crippen LogP contribution in [0, 0.1) is 0 Å². The van der Waals surface area contributed by atoms with Gasteiger partial charge in [-0.3, -0.25) is 0 Å². The number of aromatic nitrogens is 3. The smallest absolute Gasteiger partial charge is 0.152 e. The fourth-order valence-electron chi connectivity index (χ4n) is 3.62. The van der Waals surface area contributed by atoms with E-state index < -0.39 is 0 Å². The molecule has 0 atom stereocenters. The van der Waals surface area contributed by atoms with Gasteiger partial charge in [-0.15, -0.1) is 0 Å². The number of nitrogens with two attached hydrogens (primary N) is 2. The van der Waals surface area contributed by atoms with Gasteiger partial charge < -0.3 is 20.8 Å². The number of pyridine rings is 1. The molecule has 6 heteroatoms. The van der Waals surface area contributed by atoms with Gasteiger partial charge in [0.15, 0.2) is 5.82 Å². The molecule has 28 heavy (non-hydrogen) atoms. The number of rotatable bonds is 7. The zero-order chi connectivity index (χ0) is 19.5. The Morgan fingerprint density at radius 1 is 1.00 bits per heavy atom. The van der Waals surface area contributed by atoms with Crippen LogP contribution in [0.25, 0.3) is 21.9 Å². The number of nitrogens with zero attached hydrogens (tertiary/aromatic N) is 3. The van der Waals surface area contributed by atoms with Crippen LogP contribution in [0.15, 0.2) is 48.5 Å². The van der Waals surface area contributed by atoms with Crippen LogP contribution in [0.4, 0.5) is 5.82 Å². The van der Waals surface area contributed by atoms with Crippen LogP contribution < -0.4 is 16.2 Å². The van der Waals surface area contributed by atoms with Gasteiger partial charge in [-0.2, -0.15) is 0 Å². The molecule has 4 rings (SSSR count). The van der Waals surface area contributed by atoms with Gasteiger partial charge in [0.2, 0.25) is 0 Å². The Kier molecular flexibility index (Phi) is 5.12. The third kappa shape index (κ3) is 3.39. The van der Waals surface area contributed by atoms with Crippen molar-refractivity contribution >= 4 is 27.8 Å². The van der Waals surface area contributed by atoms with E-state index in [1.165, 1.54) is 5.56 Å². The first-order valence-electron chi connectivity index (χ1n) is 9.57. The lowest BCUT2D eigenvalue weighted by Gasteiger charge is -2.11. The Balaban J connectivity index is 1.85. The lowest BCUT2D eigenvalue weighted by molar-refractivity contribution is 0.414.